The number of alkyl halides is 2. The molecule has 1 N–H and O–H groups in total. The lowest BCUT2D eigenvalue weighted by Crippen LogP contribution is -2.26. The smallest absolute Gasteiger partial charge is 0.387 e. The first-order chi connectivity index (χ1) is 12.2. The number of benzene rings is 2. The predicted molar refractivity (Wildman–Crippen MR) is 94.4 cm³/mol. The lowest BCUT2D eigenvalue weighted by atomic mass is 10.1. The van der Waals surface area contributed by atoms with Crippen molar-refractivity contribution in [1.82, 2.24) is 4.72 Å². The molecule has 8 heteroatoms. The molecule has 0 amide bonds. The molecule has 0 aliphatic heterocycles. The van der Waals surface area contributed by atoms with Gasteiger partial charge in [-0.05, 0) is 55.2 Å². The minimum absolute atomic E-state index is 0.0674. The van der Waals surface area contributed by atoms with Gasteiger partial charge in [0.1, 0.15) is 0 Å². The summed E-state index contributed by atoms with van der Waals surface area (Å²) in [6.45, 7) is 0.779. The first kappa shape index (κ1) is 20.1. The van der Waals surface area contributed by atoms with Gasteiger partial charge in [-0.15, -0.1) is 0 Å². The van der Waals surface area contributed by atoms with Gasteiger partial charge in [-0.3, -0.25) is 0 Å². The van der Waals surface area contributed by atoms with Crippen LogP contribution < -0.4 is 14.2 Å². The van der Waals surface area contributed by atoms with Crippen LogP contribution in [0.5, 0.6) is 11.5 Å². The lowest BCUT2D eigenvalue weighted by molar-refractivity contribution is -0.0512. The standard InChI is InChI=1S/C18H21F2NO4S/c1-12-4-5-13(2)17(10-12)26(22,23)21-9-8-14-6-7-15(25-18(19)20)16(11-14)24-3/h4-7,10-11,18,21H,8-9H2,1-3H3. The monoisotopic (exact) mass is 385 g/mol. The van der Waals surface area contributed by atoms with E-state index in [0.29, 0.717) is 12.0 Å². The first-order valence-corrected chi connectivity index (χ1v) is 9.40. The van der Waals surface area contributed by atoms with Crippen molar-refractivity contribution in [3.05, 3.63) is 53.1 Å². The molecule has 0 unspecified atom stereocenters. The Labute approximate surface area is 152 Å². The topological polar surface area (TPSA) is 64.6 Å². The summed E-state index contributed by atoms with van der Waals surface area (Å²) in [5, 5.41) is 0. The van der Waals surface area contributed by atoms with E-state index in [1.807, 2.05) is 13.0 Å². The summed E-state index contributed by atoms with van der Waals surface area (Å²) in [5.74, 6) is 0.0994. The van der Waals surface area contributed by atoms with Gasteiger partial charge in [-0.2, -0.15) is 8.78 Å². The van der Waals surface area contributed by atoms with Gasteiger partial charge < -0.3 is 9.47 Å². The molecule has 0 radical (unpaired) electrons. The maximum Gasteiger partial charge on any atom is 0.387 e. The molecule has 0 fully saturated rings. The fourth-order valence-electron chi connectivity index (χ4n) is 2.47. The largest absolute Gasteiger partial charge is 0.493 e. The molecule has 142 valence electrons. The zero-order valence-corrected chi connectivity index (χ0v) is 15.6. The van der Waals surface area contributed by atoms with E-state index in [2.05, 4.69) is 9.46 Å². The van der Waals surface area contributed by atoms with Crippen molar-refractivity contribution in [2.45, 2.75) is 31.8 Å². The van der Waals surface area contributed by atoms with Gasteiger partial charge in [-0.25, -0.2) is 13.1 Å². The second-order valence-electron chi connectivity index (χ2n) is 5.78. The number of aryl methyl sites for hydroxylation is 2. The number of nitrogens with one attached hydrogen (secondary N) is 1. The number of sulfonamides is 1. The molecule has 2 aromatic carbocycles. The zero-order valence-electron chi connectivity index (χ0n) is 14.8. The highest BCUT2D eigenvalue weighted by molar-refractivity contribution is 7.89. The summed E-state index contributed by atoms with van der Waals surface area (Å²) in [6.07, 6.45) is 0.370. The maximum absolute atomic E-state index is 12.5. The number of ether oxygens (including phenoxy) is 2. The van der Waals surface area contributed by atoms with Crippen LogP contribution in [0.15, 0.2) is 41.3 Å². The second kappa shape index (κ2) is 8.46. The number of rotatable bonds is 8. The van der Waals surface area contributed by atoms with Crippen LogP contribution in [0.3, 0.4) is 0 Å². The number of hydrogen-bond acceptors (Lipinski definition) is 4. The van der Waals surface area contributed by atoms with E-state index in [4.69, 9.17) is 4.74 Å². The molecule has 2 rings (SSSR count). The third-order valence-corrected chi connectivity index (χ3v) is 5.39. The molecule has 0 aliphatic rings. The van der Waals surface area contributed by atoms with Crippen LogP contribution in [0.1, 0.15) is 16.7 Å². The Balaban J connectivity index is 2.06. The molecule has 0 atom stereocenters. The molecule has 0 saturated carbocycles. The van der Waals surface area contributed by atoms with E-state index in [-0.39, 0.29) is 22.9 Å². The van der Waals surface area contributed by atoms with E-state index in [0.717, 1.165) is 11.1 Å². The maximum atomic E-state index is 12.5. The van der Waals surface area contributed by atoms with Crippen LogP contribution in [0.4, 0.5) is 8.78 Å². The van der Waals surface area contributed by atoms with E-state index in [1.54, 1.807) is 31.2 Å². The van der Waals surface area contributed by atoms with Crippen molar-refractivity contribution in [3.8, 4) is 11.5 Å². The van der Waals surface area contributed by atoms with Crippen molar-refractivity contribution < 1.29 is 26.7 Å². The highest BCUT2D eigenvalue weighted by Gasteiger charge is 2.17. The highest BCUT2D eigenvalue weighted by Crippen LogP contribution is 2.29. The molecule has 26 heavy (non-hydrogen) atoms. The average molecular weight is 385 g/mol. The van der Waals surface area contributed by atoms with E-state index in [9.17, 15) is 17.2 Å². The van der Waals surface area contributed by atoms with E-state index >= 15 is 0 Å². The summed E-state index contributed by atoms with van der Waals surface area (Å²) in [7, 11) is -2.28. The SMILES string of the molecule is COc1cc(CCNS(=O)(=O)c2cc(C)ccc2C)ccc1OC(F)F. The molecule has 0 aromatic heterocycles. The third kappa shape index (κ3) is 5.15. The molecule has 0 aliphatic carbocycles. The van der Waals surface area contributed by atoms with Gasteiger partial charge in [0.2, 0.25) is 10.0 Å². The van der Waals surface area contributed by atoms with Crippen molar-refractivity contribution in [3.63, 3.8) is 0 Å². The van der Waals surface area contributed by atoms with Crippen LogP contribution >= 0.6 is 0 Å². The van der Waals surface area contributed by atoms with Gasteiger partial charge >= 0.3 is 6.61 Å². The Bertz CT molecular complexity index is 869. The summed E-state index contributed by atoms with van der Waals surface area (Å²) in [5.41, 5.74) is 2.25. The molecule has 0 spiro atoms. The molecule has 0 heterocycles. The van der Waals surface area contributed by atoms with Crippen LogP contribution in [0.25, 0.3) is 0 Å². The summed E-state index contributed by atoms with van der Waals surface area (Å²) < 4.78 is 61.5. The van der Waals surface area contributed by atoms with E-state index < -0.39 is 16.6 Å². The molecular formula is C18H21F2NO4S. The quantitative estimate of drug-likeness (QED) is 0.756. The van der Waals surface area contributed by atoms with Crippen molar-refractivity contribution >= 4 is 10.0 Å². The lowest BCUT2D eigenvalue weighted by Gasteiger charge is -2.12. The Morgan fingerprint density at radius 1 is 1.08 bits per heavy atom. The summed E-state index contributed by atoms with van der Waals surface area (Å²) in [4.78, 5) is 0.246. The second-order valence-corrected chi connectivity index (χ2v) is 7.52. The Morgan fingerprint density at radius 2 is 1.81 bits per heavy atom. The Hall–Kier alpha value is -2.19. The molecule has 0 bridgehead atoms. The number of methoxy groups -OCH3 is 1. The van der Waals surface area contributed by atoms with Crippen LogP contribution in [0.2, 0.25) is 0 Å². The molecule has 2 aromatic rings. The van der Waals surface area contributed by atoms with Crippen molar-refractivity contribution in [2.75, 3.05) is 13.7 Å². The molecule has 5 nitrogen and oxygen atoms in total. The summed E-state index contributed by atoms with van der Waals surface area (Å²) in [6, 6.07) is 9.74. The third-order valence-electron chi connectivity index (χ3n) is 3.78. The minimum Gasteiger partial charge on any atom is -0.493 e. The predicted octanol–water partition coefficient (Wildman–Crippen LogP) is 3.43. The van der Waals surface area contributed by atoms with Crippen LogP contribution in [0, 0.1) is 13.8 Å². The fraction of sp³-hybridized carbons (Fsp3) is 0.333. The van der Waals surface area contributed by atoms with E-state index in [1.165, 1.54) is 13.2 Å². The Morgan fingerprint density at radius 3 is 2.46 bits per heavy atom. The van der Waals surface area contributed by atoms with Crippen LogP contribution in [-0.4, -0.2) is 28.7 Å². The minimum atomic E-state index is -3.63. The number of halogens is 2. The van der Waals surface area contributed by atoms with Crippen LogP contribution in [-0.2, 0) is 16.4 Å². The first-order valence-electron chi connectivity index (χ1n) is 7.91. The highest BCUT2D eigenvalue weighted by atomic mass is 32.2. The van der Waals surface area contributed by atoms with Gasteiger partial charge in [-0.1, -0.05) is 18.2 Å². The molecular weight excluding hydrogens is 364 g/mol. The van der Waals surface area contributed by atoms with Gasteiger partial charge in [0.25, 0.3) is 0 Å². The molecule has 0 saturated heterocycles. The normalized spacial score (nSPS) is 11.6. The fourth-order valence-corrected chi connectivity index (χ4v) is 3.82. The van der Waals surface area contributed by atoms with Crippen molar-refractivity contribution in [2.24, 2.45) is 0 Å². The average Bonchev–Trinajstić information content (AvgIpc) is 2.57. The number of hydrogen-bond donors (Lipinski definition) is 1. The Kier molecular flexibility index (Phi) is 6.55. The zero-order chi connectivity index (χ0) is 19.3. The summed E-state index contributed by atoms with van der Waals surface area (Å²) >= 11 is 0. The van der Waals surface area contributed by atoms with Gasteiger partial charge in [0, 0.05) is 6.54 Å². The van der Waals surface area contributed by atoms with Gasteiger partial charge in [0.05, 0.1) is 12.0 Å². The van der Waals surface area contributed by atoms with Gasteiger partial charge in [0.15, 0.2) is 11.5 Å². The van der Waals surface area contributed by atoms with Crippen molar-refractivity contribution in [1.29, 1.82) is 0 Å².